The second-order valence-electron chi connectivity index (χ2n) is 13.0. The van der Waals surface area contributed by atoms with E-state index in [0.29, 0.717) is 5.58 Å². The van der Waals surface area contributed by atoms with E-state index in [-0.39, 0.29) is 31.2 Å². The van der Waals surface area contributed by atoms with Crippen molar-refractivity contribution in [1.29, 1.82) is 0 Å². The molecule has 4 nitrogen and oxygen atoms in total. The van der Waals surface area contributed by atoms with Gasteiger partial charge in [0.25, 0.3) is 0 Å². The summed E-state index contributed by atoms with van der Waals surface area (Å²) in [6, 6.07) is 27.2. The zero-order valence-corrected chi connectivity index (χ0v) is 31.0. The van der Waals surface area contributed by atoms with Crippen LogP contribution in [0.2, 0.25) is 17.3 Å². The van der Waals surface area contributed by atoms with Crippen molar-refractivity contribution < 1.29 is 30.3 Å². The zero-order chi connectivity index (χ0) is 31.9. The van der Waals surface area contributed by atoms with Gasteiger partial charge in [-0.15, -0.1) is 18.2 Å². The predicted octanol–water partition coefficient (Wildman–Crippen LogP) is 9.49. The van der Waals surface area contributed by atoms with Gasteiger partial charge in [0.2, 0.25) is 11.7 Å². The Morgan fingerprint density at radius 1 is 0.909 bits per heavy atom. The monoisotopic (exact) mass is 827 g/mol. The van der Waals surface area contributed by atoms with E-state index in [1.54, 1.807) is 12.3 Å². The average molecular weight is 826 g/mol. The van der Waals surface area contributed by atoms with Crippen molar-refractivity contribution in [2.75, 3.05) is 0 Å². The second-order valence-corrected chi connectivity index (χ2v) is 23.6. The summed E-state index contributed by atoms with van der Waals surface area (Å²) in [6.07, 6.45) is 3.80. The molecule has 1 radical (unpaired) electrons. The molecule has 6 rings (SSSR count). The Kier molecular flexibility index (Phi) is 9.84. The summed E-state index contributed by atoms with van der Waals surface area (Å²) in [5.74, 6) is 5.89. The van der Waals surface area contributed by atoms with Crippen molar-refractivity contribution in [2.24, 2.45) is 0 Å². The molecule has 6 aromatic rings. The molecule has 2 aromatic carbocycles. The van der Waals surface area contributed by atoms with Crippen LogP contribution in [0.3, 0.4) is 0 Å². The third kappa shape index (κ3) is 7.36. The number of nitrogens with zero attached hydrogens (tertiary/aromatic N) is 3. The van der Waals surface area contributed by atoms with E-state index < -0.39 is 25.1 Å². The van der Waals surface area contributed by atoms with Crippen molar-refractivity contribution in [1.82, 2.24) is 15.0 Å². The van der Waals surface area contributed by atoms with Crippen molar-refractivity contribution in [3.05, 3.63) is 108 Å². The van der Waals surface area contributed by atoms with Crippen LogP contribution in [0.1, 0.15) is 53.0 Å². The molecule has 0 fully saturated rings. The standard InChI is InChI=1S/C20H16FN2O.C17H22GeN.Ir/c1-20(2,3)12-9-10-22-16(11-12)15-6-4-5-13-14-7-8-17(21)23-19(14)24-18(13)15;1-13(2)15-11-17(14-9-7-6-8-10-14)19-12-16(15)18(3,4)5;/h4-5,7-11H,1-3H3;6-9,11-13H,1-5H3;/q2*-1;/i;13D;. The smallest absolute Gasteiger partial charge is 0 e. The summed E-state index contributed by atoms with van der Waals surface area (Å²) in [5, 5.41) is 1.67. The van der Waals surface area contributed by atoms with Gasteiger partial charge in [0.15, 0.2) is 0 Å². The maximum atomic E-state index is 13.4. The number of fused-ring (bicyclic) bond motifs is 3. The van der Waals surface area contributed by atoms with E-state index in [2.05, 4.69) is 71.2 Å². The molecule has 0 aliphatic carbocycles. The Morgan fingerprint density at radius 3 is 2.34 bits per heavy atom. The molecule has 7 heteroatoms. The molecular formula is C37H38FGeIrN3O-2. The molecule has 0 aliphatic heterocycles. The maximum Gasteiger partial charge on any atom is 0 e. The fourth-order valence-electron chi connectivity index (χ4n) is 4.99. The molecule has 0 amide bonds. The van der Waals surface area contributed by atoms with Crippen LogP contribution < -0.4 is 4.40 Å². The van der Waals surface area contributed by atoms with Gasteiger partial charge in [0.1, 0.15) is 0 Å². The van der Waals surface area contributed by atoms with Gasteiger partial charge in [-0.1, -0.05) is 37.8 Å². The van der Waals surface area contributed by atoms with Gasteiger partial charge in [-0.25, -0.2) is 0 Å². The summed E-state index contributed by atoms with van der Waals surface area (Å²) < 4.78 is 29.0. The van der Waals surface area contributed by atoms with Gasteiger partial charge in [0, 0.05) is 31.7 Å². The number of benzene rings is 2. The van der Waals surface area contributed by atoms with E-state index in [4.69, 9.17) is 5.79 Å². The Balaban J connectivity index is 0.000000204. The summed E-state index contributed by atoms with van der Waals surface area (Å²) in [6.45, 7) is 10.4. The summed E-state index contributed by atoms with van der Waals surface area (Å²) in [4.78, 5) is 12.9. The van der Waals surface area contributed by atoms with E-state index in [9.17, 15) is 4.39 Å². The summed E-state index contributed by atoms with van der Waals surface area (Å²) in [5.41, 5.74) is 6.68. The molecule has 0 spiro atoms. The number of rotatable bonds is 4. The van der Waals surface area contributed by atoms with Gasteiger partial charge in [0.05, 0.1) is 5.58 Å². The normalized spacial score (nSPS) is 12.3. The molecular weight excluding hydrogens is 786 g/mol. The molecule has 0 unspecified atom stereocenters. The Labute approximate surface area is 277 Å². The van der Waals surface area contributed by atoms with Crippen LogP contribution in [0.4, 0.5) is 4.39 Å². The zero-order valence-electron chi connectivity index (χ0n) is 27.5. The molecule has 229 valence electrons. The predicted molar refractivity (Wildman–Crippen MR) is 178 cm³/mol. The van der Waals surface area contributed by atoms with Gasteiger partial charge >= 0.3 is 120 Å². The summed E-state index contributed by atoms with van der Waals surface area (Å²) in [7, 11) is 0. The molecule has 0 saturated heterocycles. The number of furan rings is 1. The number of hydrogen-bond donors (Lipinski definition) is 0. The van der Waals surface area contributed by atoms with Crippen molar-refractivity contribution in [3.63, 3.8) is 0 Å². The number of hydrogen-bond acceptors (Lipinski definition) is 4. The molecule has 0 atom stereocenters. The molecule has 0 N–H and O–H groups in total. The van der Waals surface area contributed by atoms with E-state index in [1.165, 1.54) is 16.0 Å². The summed E-state index contributed by atoms with van der Waals surface area (Å²) >= 11 is -2.03. The quantitative estimate of drug-likeness (QED) is 0.101. The van der Waals surface area contributed by atoms with Crippen molar-refractivity contribution in [3.8, 4) is 22.5 Å². The van der Waals surface area contributed by atoms with Gasteiger partial charge in [-0.05, 0) is 34.9 Å². The first-order valence-corrected chi connectivity index (χ1v) is 21.8. The third-order valence-electron chi connectivity index (χ3n) is 7.38. The average Bonchev–Trinajstić information content (AvgIpc) is 3.34. The van der Waals surface area contributed by atoms with Crippen LogP contribution in [0, 0.1) is 18.1 Å². The Bertz CT molecular complexity index is 1940. The van der Waals surface area contributed by atoms with Gasteiger partial charge < -0.3 is 9.40 Å². The first-order valence-electron chi connectivity index (χ1n) is 15.0. The molecule has 4 heterocycles. The van der Waals surface area contributed by atoms with Gasteiger partial charge in [-0.2, -0.15) is 9.37 Å². The maximum absolute atomic E-state index is 13.4. The molecule has 0 aliphatic rings. The van der Waals surface area contributed by atoms with Crippen LogP contribution >= 0.6 is 0 Å². The van der Waals surface area contributed by atoms with Crippen LogP contribution in [0.25, 0.3) is 44.6 Å². The SMILES string of the molecule is CC(C)(C)c1ccnc(-c2[c-]ccc3c2oc2nc(F)ccc23)c1.[2H]C(C)(C)c1cc(-c2[c-]cccc2)nc[c]1[Ge]([CH3])([CH3])[CH3].[Ir]. The number of pyridine rings is 3. The minimum absolute atomic E-state index is 0. The van der Waals surface area contributed by atoms with Crippen LogP contribution in [-0.2, 0) is 25.5 Å². The first-order chi connectivity index (χ1) is 20.6. The minimum atomic E-state index is -2.03. The number of halogens is 1. The second kappa shape index (κ2) is 13.4. The topological polar surface area (TPSA) is 51.8 Å². The van der Waals surface area contributed by atoms with E-state index in [1.807, 2.05) is 68.6 Å². The Hall–Kier alpha value is -3.19. The Morgan fingerprint density at radius 2 is 1.68 bits per heavy atom. The fraction of sp³-hybridized carbons (Fsp3) is 0.270. The molecule has 0 bridgehead atoms. The van der Waals surface area contributed by atoms with Crippen molar-refractivity contribution >= 4 is 39.7 Å². The fourth-order valence-corrected chi connectivity index (χ4v) is 8.31. The van der Waals surface area contributed by atoms with Crippen molar-refractivity contribution in [2.45, 2.75) is 63.2 Å². The minimum Gasteiger partial charge on any atom is 0 e. The van der Waals surface area contributed by atoms with Crippen LogP contribution in [0.5, 0.6) is 0 Å². The number of aromatic nitrogens is 3. The third-order valence-corrected chi connectivity index (χ3v) is 11.6. The van der Waals surface area contributed by atoms with Crippen LogP contribution in [-0.4, -0.2) is 28.2 Å². The largest absolute Gasteiger partial charge is 0 e. The molecule has 4 aromatic heterocycles. The van der Waals surface area contributed by atoms with E-state index in [0.717, 1.165) is 38.9 Å². The van der Waals surface area contributed by atoms with Crippen LogP contribution in [0.15, 0.2) is 83.5 Å². The van der Waals surface area contributed by atoms with E-state index >= 15 is 0 Å². The first kappa shape index (κ1) is 32.2. The molecule has 0 saturated carbocycles. The van der Waals surface area contributed by atoms with Gasteiger partial charge in [-0.3, -0.25) is 0 Å². The molecule has 44 heavy (non-hydrogen) atoms.